The van der Waals surface area contributed by atoms with Gasteiger partial charge < -0.3 is 10.1 Å². The van der Waals surface area contributed by atoms with Gasteiger partial charge in [0.15, 0.2) is 0 Å². The Balaban J connectivity index is 2.15. The number of benzene rings is 1. The Morgan fingerprint density at radius 1 is 1.25 bits per heavy atom. The number of rotatable bonds is 7. The molecule has 0 radical (unpaired) electrons. The van der Waals surface area contributed by atoms with Crippen molar-refractivity contribution in [1.82, 2.24) is 5.32 Å². The van der Waals surface area contributed by atoms with Crippen molar-refractivity contribution in [2.75, 3.05) is 20.2 Å². The second kappa shape index (κ2) is 7.78. The second-order valence-electron chi connectivity index (χ2n) is 3.66. The third-order valence-electron chi connectivity index (χ3n) is 2.42. The van der Waals surface area contributed by atoms with E-state index in [4.69, 9.17) is 11.2 Å². The van der Waals surface area contributed by atoms with Crippen LogP contribution in [0, 0.1) is 12.3 Å². The standard InChI is InChI=1S/C14H19NO/c1-3-4-5-11-15-12-10-13-6-8-14(16-2)9-7-13/h1,6-9,15H,4-5,10-12H2,2H3. The summed E-state index contributed by atoms with van der Waals surface area (Å²) in [5, 5.41) is 3.37. The molecule has 2 nitrogen and oxygen atoms in total. The minimum atomic E-state index is 0.857. The predicted molar refractivity (Wildman–Crippen MR) is 67.6 cm³/mol. The maximum absolute atomic E-state index is 5.17. The fourth-order valence-corrected chi connectivity index (χ4v) is 1.47. The number of hydrogen-bond donors (Lipinski definition) is 1. The van der Waals surface area contributed by atoms with Gasteiger partial charge in [-0.3, -0.25) is 0 Å². The van der Waals surface area contributed by atoms with Crippen molar-refractivity contribution < 1.29 is 4.74 Å². The van der Waals surface area contributed by atoms with E-state index in [0.717, 1.165) is 38.1 Å². The van der Waals surface area contributed by atoms with Crippen LogP contribution in [0.2, 0.25) is 0 Å². The largest absolute Gasteiger partial charge is 0.497 e. The molecule has 0 atom stereocenters. The van der Waals surface area contributed by atoms with Crippen molar-refractivity contribution >= 4 is 0 Å². The zero-order valence-electron chi connectivity index (χ0n) is 9.83. The van der Waals surface area contributed by atoms with E-state index in [1.807, 2.05) is 12.1 Å². The molecule has 0 saturated heterocycles. The molecule has 0 fully saturated rings. The fourth-order valence-electron chi connectivity index (χ4n) is 1.47. The highest BCUT2D eigenvalue weighted by molar-refractivity contribution is 5.27. The van der Waals surface area contributed by atoms with Gasteiger partial charge in [-0.25, -0.2) is 0 Å². The van der Waals surface area contributed by atoms with Gasteiger partial charge in [-0.1, -0.05) is 12.1 Å². The first-order chi connectivity index (χ1) is 7.86. The highest BCUT2D eigenvalue weighted by Crippen LogP contribution is 2.11. The molecule has 0 spiro atoms. The summed E-state index contributed by atoms with van der Waals surface area (Å²) in [5.41, 5.74) is 1.32. The number of terminal acetylenes is 1. The van der Waals surface area contributed by atoms with Gasteiger partial charge in [0.05, 0.1) is 7.11 Å². The normalized spacial score (nSPS) is 9.75. The molecule has 1 aromatic carbocycles. The average molecular weight is 217 g/mol. The summed E-state index contributed by atoms with van der Waals surface area (Å²) in [6.07, 6.45) is 8.13. The van der Waals surface area contributed by atoms with E-state index < -0.39 is 0 Å². The molecule has 2 heteroatoms. The quantitative estimate of drug-likeness (QED) is 0.558. The lowest BCUT2D eigenvalue weighted by Crippen LogP contribution is -2.18. The average Bonchev–Trinajstić information content (AvgIpc) is 2.34. The molecule has 1 rings (SSSR count). The van der Waals surface area contributed by atoms with E-state index in [-0.39, 0.29) is 0 Å². The van der Waals surface area contributed by atoms with E-state index in [1.165, 1.54) is 5.56 Å². The molecule has 0 saturated carbocycles. The molecule has 1 N–H and O–H groups in total. The molecule has 0 aliphatic carbocycles. The van der Waals surface area contributed by atoms with Crippen molar-refractivity contribution in [2.24, 2.45) is 0 Å². The molecular weight excluding hydrogens is 198 g/mol. The van der Waals surface area contributed by atoms with Gasteiger partial charge >= 0.3 is 0 Å². The summed E-state index contributed by atoms with van der Waals surface area (Å²) in [5.74, 6) is 3.54. The van der Waals surface area contributed by atoms with Gasteiger partial charge in [-0.15, -0.1) is 12.3 Å². The number of ether oxygens (including phenoxy) is 1. The first kappa shape index (κ1) is 12.6. The van der Waals surface area contributed by atoms with Gasteiger partial charge in [-0.2, -0.15) is 0 Å². The third kappa shape index (κ3) is 4.86. The topological polar surface area (TPSA) is 21.3 Å². The van der Waals surface area contributed by atoms with E-state index >= 15 is 0 Å². The van der Waals surface area contributed by atoms with Gasteiger partial charge in [-0.05, 0) is 43.6 Å². The van der Waals surface area contributed by atoms with Crippen molar-refractivity contribution in [1.29, 1.82) is 0 Å². The Hall–Kier alpha value is -1.46. The first-order valence-corrected chi connectivity index (χ1v) is 5.64. The van der Waals surface area contributed by atoms with Crippen LogP contribution in [0.15, 0.2) is 24.3 Å². The van der Waals surface area contributed by atoms with Gasteiger partial charge in [0.25, 0.3) is 0 Å². The van der Waals surface area contributed by atoms with Crippen LogP contribution < -0.4 is 10.1 Å². The minimum Gasteiger partial charge on any atom is -0.497 e. The van der Waals surface area contributed by atoms with Gasteiger partial charge in [0.1, 0.15) is 5.75 Å². The predicted octanol–water partition coefficient (Wildman–Crippen LogP) is 2.24. The molecule has 0 aromatic heterocycles. The molecule has 1 aromatic rings. The molecule has 0 heterocycles. The van der Waals surface area contributed by atoms with Gasteiger partial charge in [0.2, 0.25) is 0 Å². The second-order valence-corrected chi connectivity index (χ2v) is 3.66. The van der Waals surface area contributed by atoms with Crippen LogP contribution in [0.1, 0.15) is 18.4 Å². The lowest BCUT2D eigenvalue weighted by molar-refractivity contribution is 0.414. The summed E-state index contributed by atoms with van der Waals surface area (Å²) in [7, 11) is 1.68. The number of unbranched alkanes of at least 4 members (excludes halogenated alkanes) is 1. The van der Waals surface area contributed by atoms with Crippen molar-refractivity contribution in [2.45, 2.75) is 19.3 Å². The van der Waals surface area contributed by atoms with Crippen LogP contribution >= 0.6 is 0 Å². The van der Waals surface area contributed by atoms with Crippen LogP contribution in [0.25, 0.3) is 0 Å². The fraction of sp³-hybridized carbons (Fsp3) is 0.429. The summed E-state index contributed by atoms with van der Waals surface area (Å²) >= 11 is 0. The third-order valence-corrected chi connectivity index (χ3v) is 2.42. The van der Waals surface area contributed by atoms with Crippen molar-refractivity contribution in [3.8, 4) is 18.1 Å². The van der Waals surface area contributed by atoms with E-state index in [1.54, 1.807) is 7.11 Å². The maximum Gasteiger partial charge on any atom is 0.118 e. The monoisotopic (exact) mass is 217 g/mol. The van der Waals surface area contributed by atoms with E-state index in [9.17, 15) is 0 Å². The smallest absolute Gasteiger partial charge is 0.118 e. The molecule has 0 aliphatic heterocycles. The minimum absolute atomic E-state index is 0.857. The highest BCUT2D eigenvalue weighted by atomic mass is 16.5. The van der Waals surface area contributed by atoms with Crippen LogP contribution in [0.3, 0.4) is 0 Å². The van der Waals surface area contributed by atoms with Crippen molar-refractivity contribution in [3.63, 3.8) is 0 Å². The molecule has 0 aliphatic rings. The van der Waals surface area contributed by atoms with Gasteiger partial charge in [0, 0.05) is 6.42 Å². The first-order valence-electron chi connectivity index (χ1n) is 5.64. The van der Waals surface area contributed by atoms with E-state index in [0.29, 0.717) is 0 Å². The zero-order chi connectivity index (χ0) is 11.6. The summed E-state index contributed by atoms with van der Waals surface area (Å²) in [6, 6.07) is 8.19. The zero-order valence-corrected chi connectivity index (χ0v) is 9.83. The van der Waals surface area contributed by atoms with Crippen molar-refractivity contribution in [3.05, 3.63) is 29.8 Å². The number of nitrogens with one attached hydrogen (secondary N) is 1. The molecule has 0 bridgehead atoms. The maximum atomic E-state index is 5.17. The number of methoxy groups -OCH3 is 1. The molecular formula is C14H19NO. The Morgan fingerprint density at radius 3 is 2.62 bits per heavy atom. The van der Waals surface area contributed by atoms with Crippen LogP contribution in [-0.4, -0.2) is 20.2 Å². The highest BCUT2D eigenvalue weighted by Gasteiger charge is 1.94. The number of hydrogen-bond acceptors (Lipinski definition) is 2. The van der Waals surface area contributed by atoms with Crippen LogP contribution in [0.5, 0.6) is 5.75 Å². The molecule has 0 unspecified atom stereocenters. The lowest BCUT2D eigenvalue weighted by atomic mass is 10.1. The Kier molecular flexibility index (Phi) is 6.13. The molecule has 0 amide bonds. The van der Waals surface area contributed by atoms with E-state index in [2.05, 4.69) is 23.4 Å². The summed E-state index contributed by atoms with van der Waals surface area (Å²) in [4.78, 5) is 0. The lowest BCUT2D eigenvalue weighted by Gasteiger charge is -2.05. The SMILES string of the molecule is C#CCCCNCCc1ccc(OC)cc1. The van der Waals surface area contributed by atoms with Crippen LogP contribution in [-0.2, 0) is 6.42 Å². The summed E-state index contributed by atoms with van der Waals surface area (Å²) in [6.45, 7) is 2.00. The Bertz CT molecular complexity index is 324. The van der Waals surface area contributed by atoms with Crippen LogP contribution in [0.4, 0.5) is 0 Å². The summed E-state index contributed by atoms with van der Waals surface area (Å²) < 4.78 is 5.10. The molecule has 86 valence electrons. The Morgan fingerprint density at radius 2 is 2.00 bits per heavy atom. The Labute approximate surface area is 98.0 Å². The molecule has 16 heavy (non-hydrogen) atoms.